The molecule has 0 aliphatic carbocycles. The molecule has 84 valence electrons. The fraction of sp³-hybridized carbons (Fsp3) is 0.455. The van der Waals surface area contributed by atoms with Crippen molar-refractivity contribution in [1.82, 2.24) is 0 Å². The number of rotatable bonds is 4. The molecule has 0 spiro atoms. The third-order valence-corrected chi connectivity index (χ3v) is 2.76. The van der Waals surface area contributed by atoms with Crippen molar-refractivity contribution in [3.8, 4) is 5.75 Å². The van der Waals surface area contributed by atoms with Crippen LogP contribution in [0.25, 0.3) is 0 Å². The van der Waals surface area contributed by atoms with Gasteiger partial charge in [0.1, 0.15) is 5.75 Å². The Kier molecular flexibility index (Phi) is 3.99. The molecular weight excluding hydrogens is 256 g/mol. The van der Waals surface area contributed by atoms with Crippen LogP contribution in [0.4, 0.5) is 5.69 Å². The Morgan fingerprint density at radius 1 is 1.47 bits per heavy atom. The number of anilines is 1. The van der Waals surface area contributed by atoms with Crippen LogP contribution in [0.2, 0.25) is 0 Å². The van der Waals surface area contributed by atoms with Gasteiger partial charge in [-0.1, -0.05) is 0 Å². The minimum Gasteiger partial charge on any atom is -0.496 e. The van der Waals surface area contributed by atoms with Gasteiger partial charge in [0, 0.05) is 17.8 Å². The van der Waals surface area contributed by atoms with Crippen LogP contribution in [0, 0.1) is 0 Å². The third kappa shape index (κ3) is 3.39. The van der Waals surface area contributed by atoms with Crippen molar-refractivity contribution in [2.75, 3.05) is 19.0 Å². The first-order valence-electron chi connectivity index (χ1n) is 4.80. The zero-order valence-electron chi connectivity index (χ0n) is 9.30. The summed E-state index contributed by atoms with van der Waals surface area (Å²) in [6.07, 6.45) is 0. The van der Waals surface area contributed by atoms with E-state index < -0.39 is 0 Å². The maximum atomic E-state index is 5.65. The van der Waals surface area contributed by atoms with Gasteiger partial charge in [-0.2, -0.15) is 0 Å². The second-order valence-electron chi connectivity index (χ2n) is 4.06. The summed E-state index contributed by atoms with van der Waals surface area (Å²) >= 11 is 3.44. The van der Waals surface area contributed by atoms with Gasteiger partial charge in [-0.05, 0) is 48.0 Å². The van der Waals surface area contributed by atoms with Crippen molar-refractivity contribution >= 4 is 21.6 Å². The van der Waals surface area contributed by atoms with Crippen LogP contribution < -0.4 is 15.8 Å². The van der Waals surface area contributed by atoms with Gasteiger partial charge in [0.2, 0.25) is 0 Å². The van der Waals surface area contributed by atoms with Crippen LogP contribution in [0.5, 0.6) is 5.75 Å². The summed E-state index contributed by atoms with van der Waals surface area (Å²) in [6, 6.07) is 5.87. The fourth-order valence-corrected chi connectivity index (χ4v) is 1.73. The molecule has 0 aromatic heterocycles. The number of halogens is 1. The summed E-state index contributed by atoms with van der Waals surface area (Å²) in [5, 5.41) is 3.35. The second-order valence-corrected chi connectivity index (χ2v) is 4.92. The predicted octanol–water partition coefficient (Wildman–Crippen LogP) is 2.61. The molecule has 0 saturated heterocycles. The fourth-order valence-electron chi connectivity index (χ4n) is 1.19. The maximum absolute atomic E-state index is 5.65. The molecule has 0 heterocycles. The highest BCUT2D eigenvalue weighted by atomic mass is 79.9. The summed E-state index contributed by atoms with van der Waals surface area (Å²) < 4.78 is 6.09. The molecule has 3 nitrogen and oxygen atoms in total. The van der Waals surface area contributed by atoms with Crippen LogP contribution in [0.15, 0.2) is 22.7 Å². The molecule has 1 aromatic rings. The van der Waals surface area contributed by atoms with E-state index in [2.05, 4.69) is 35.1 Å². The molecule has 0 radical (unpaired) electrons. The van der Waals surface area contributed by atoms with Gasteiger partial charge in [-0.15, -0.1) is 0 Å². The van der Waals surface area contributed by atoms with E-state index in [1.807, 2.05) is 18.2 Å². The summed E-state index contributed by atoms with van der Waals surface area (Å²) in [7, 11) is 1.65. The second kappa shape index (κ2) is 4.86. The normalized spacial score (nSPS) is 11.3. The summed E-state index contributed by atoms with van der Waals surface area (Å²) in [5.74, 6) is 0.825. The smallest absolute Gasteiger partial charge is 0.133 e. The van der Waals surface area contributed by atoms with E-state index in [0.29, 0.717) is 6.54 Å². The molecule has 3 N–H and O–H groups in total. The van der Waals surface area contributed by atoms with E-state index in [-0.39, 0.29) is 5.54 Å². The minimum absolute atomic E-state index is 0.103. The molecule has 1 rings (SSSR count). The number of nitrogens with two attached hydrogens (primary N) is 1. The third-order valence-electron chi connectivity index (χ3n) is 2.14. The average Bonchev–Trinajstić information content (AvgIpc) is 2.17. The van der Waals surface area contributed by atoms with Crippen LogP contribution in [0.3, 0.4) is 0 Å². The van der Waals surface area contributed by atoms with E-state index in [9.17, 15) is 0 Å². The lowest BCUT2D eigenvalue weighted by molar-refractivity contribution is 0.412. The molecule has 0 bridgehead atoms. The SMILES string of the molecule is COc1ccc(NC(C)(C)CN)cc1Br. The number of hydrogen-bond acceptors (Lipinski definition) is 3. The Labute approximate surface area is 99.1 Å². The highest BCUT2D eigenvalue weighted by Crippen LogP contribution is 2.28. The Morgan fingerprint density at radius 2 is 2.13 bits per heavy atom. The van der Waals surface area contributed by atoms with Crippen molar-refractivity contribution in [3.05, 3.63) is 22.7 Å². The van der Waals surface area contributed by atoms with E-state index in [0.717, 1.165) is 15.9 Å². The number of benzene rings is 1. The Hall–Kier alpha value is -0.740. The average molecular weight is 273 g/mol. The number of ether oxygens (including phenoxy) is 1. The predicted molar refractivity (Wildman–Crippen MR) is 67.5 cm³/mol. The number of hydrogen-bond donors (Lipinski definition) is 2. The Bertz CT molecular complexity index is 339. The summed E-state index contributed by atoms with van der Waals surface area (Å²) in [6.45, 7) is 4.70. The van der Waals surface area contributed by atoms with Crippen molar-refractivity contribution in [2.24, 2.45) is 5.73 Å². The van der Waals surface area contributed by atoms with Gasteiger partial charge < -0.3 is 15.8 Å². The molecule has 4 heteroatoms. The standard InChI is InChI=1S/C11H17BrN2O/c1-11(2,7-13)14-8-4-5-10(15-3)9(12)6-8/h4-6,14H,7,13H2,1-3H3. The summed E-state index contributed by atoms with van der Waals surface area (Å²) in [5.41, 5.74) is 6.57. The highest BCUT2D eigenvalue weighted by Gasteiger charge is 2.15. The first-order valence-corrected chi connectivity index (χ1v) is 5.59. The minimum atomic E-state index is -0.103. The zero-order chi connectivity index (χ0) is 11.5. The molecule has 0 unspecified atom stereocenters. The van der Waals surface area contributed by atoms with Gasteiger partial charge in [0.15, 0.2) is 0 Å². The van der Waals surface area contributed by atoms with Gasteiger partial charge in [0.05, 0.1) is 11.6 Å². The van der Waals surface area contributed by atoms with Gasteiger partial charge >= 0.3 is 0 Å². The topological polar surface area (TPSA) is 47.3 Å². The maximum Gasteiger partial charge on any atom is 0.133 e. The lowest BCUT2D eigenvalue weighted by atomic mass is 10.1. The van der Waals surface area contributed by atoms with Crippen molar-refractivity contribution in [1.29, 1.82) is 0 Å². The van der Waals surface area contributed by atoms with Crippen LogP contribution >= 0.6 is 15.9 Å². The first-order chi connectivity index (χ1) is 6.98. The van der Waals surface area contributed by atoms with Crippen molar-refractivity contribution < 1.29 is 4.74 Å². The van der Waals surface area contributed by atoms with E-state index in [1.54, 1.807) is 7.11 Å². The van der Waals surface area contributed by atoms with Gasteiger partial charge in [-0.25, -0.2) is 0 Å². The summed E-state index contributed by atoms with van der Waals surface area (Å²) in [4.78, 5) is 0. The Morgan fingerprint density at radius 3 is 2.60 bits per heavy atom. The molecule has 0 aliphatic heterocycles. The quantitative estimate of drug-likeness (QED) is 0.886. The number of nitrogens with one attached hydrogen (secondary N) is 1. The van der Waals surface area contributed by atoms with Crippen molar-refractivity contribution in [3.63, 3.8) is 0 Å². The molecule has 1 aromatic carbocycles. The van der Waals surface area contributed by atoms with Crippen LogP contribution in [-0.2, 0) is 0 Å². The van der Waals surface area contributed by atoms with E-state index in [1.165, 1.54) is 0 Å². The monoisotopic (exact) mass is 272 g/mol. The molecule has 0 saturated carbocycles. The van der Waals surface area contributed by atoms with Gasteiger partial charge in [-0.3, -0.25) is 0 Å². The largest absolute Gasteiger partial charge is 0.496 e. The molecule has 0 atom stereocenters. The first kappa shape index (κ1) is 12.3. The molecule has 0 fully saturated rings. The van der Waals surface area contributed by atoms with E-state index >= 15 is 0 Å². The molecule has 0 amide bonds. The molecule has 15 heavy (non-hydrogen) atoms. The van der Waals surface area contributed by atoms with E-state index in [4.69, 9.17) is 10.5 Å². The zero-order valence-corrected chi connectivity index (χ0v) is 10.9. The molecule has 0 aliphatic rings. The number of methoxy groups -OCH3 is 1. The highest BCUT2D eigenvalue weighted by molar-refractivity contribution is 9.10. The lowest BCUT2D eigenvalue weighted by Gasteiger charge is -2.25. The van der Waals surface area contributed by atoms with Gasteiger partial charge in [0.25, 0.3) is 0 Å². The molecular formula is C11H17BrN2O. The van der Waals surface area contributed by atoms with Crippen molar-refractivity contribution in [2.45, 2.75) is 19.4 Å². The Balaban J connectivity index is 2.84. The van der Waals surface area contributed by atoms with Crippen LogP contribution in [-0.4, -0.2) is 19.2 Å². The van der Waals surface area contributed by atoms with Crippen LogP contribution in [0.1, 0.15) is 13.8 Å². The lowest BCUT2D eigenvalue weighted by Crippen LogP contribution is -2.39.